The van der Waals surface area contributed by atoms with Gasteiger partial charge in [0.15, 0.2) is 0 Å². The SMILES string of the molecule is CCC1=NN(C(=O)c2ccccc2Cl)[C@](O)(C(F)(F)F)C1. The third-order valence-electron chi connectivity index (χ3n) is 3.20. The number of hydrogen-bond donors (Lipinski definition) is 1. The van der Waals surface area contributed by atoms with Crippen molar-refractivity contribution in [2.75, 3.05) is 0 Å². The lowest BCUT2D eigenvalue weighted by molar-refractivity contribution is -0.297. The van der Waals surface area contributed by atoms with Crippen molar-refractivity contribution in [3.63, 3.8) is 0 Å². The average Bonchev–Trinajstić information content (AvgIpc) is 2.77. The van der Waals surface area contributed by atoms with Gasteiger partial charge in [0.05, 0.1) is 10.6 Å². The van der Waals surface area contributed by atoms with Crippen LogP contribution in [0.25, 0.3) is 0 Å². The van der Waals surface area contributed by atoms with Crippen LogP contribution in [0.1, 0.15) is 30.1 Å². The van der Waals surface area contributed by atoms with E-state index in [-0.39, 0.29) is 27.7 Å². The predicted octanol–water partition coefficient (Wildman–Crippen LogP) is 3.20. The second-order valence-corrected chi connectivity index (χ2v) is 5.01. The molecular formula is C13H12ClF3N2O2. The number of rotatable bonds is 2. The normalized spacial score (nSPS) is 22.4. The first kappa shape index (κ1) is 15.8. The summed E-state index contributed by atoms with van der Waals surface area (Å²) in [6, 6.07) is 5.66. The molecule has 0 saturated carbocycles. The monoisotopic (exact) mass is 320 g/mol. The molecule has 8 heteroatoms. The summed E-state index contributed by atoms with van der Waals surface area (Å²) < 4.78 is 39.4. The zero-order valence-corrected chi connectivity index (χ0v) is 11.7. The lowest BCUT2D eigenvalue weighted by Crippen LogP contribution is -2.56. The summed E-state index contributed by atoms with van der Waals surface area (Å²) in [5.41, 5.74) is -3.40. The standard InChI is InChI=1S/C13H12ClF3N2O2/c1-2-8-7-12(21,13(15,16)17)19(18-8)11(20)9-5-3-4-6-10(9)14/h3-6,21H,2,7H2,1H3/t12-/m1/s1. The molecule has 1 atom stereocenters. The molecule has 0 spiro atoms. The van der Waals surface area contributed by atoms with E-state index < -0.39 is 24.2 Å². The van der Waals surface area contributed by atoms with Crippen molar-refractivity contribution in [2.45, 2.75) is 31.7 Å². The van der Waals surface area contributed by atoms with Gasteiger partial charge in [0.2, 0.25) is 0 Å². The highest BCUT2D eigenvalue weighted by Crippen LogP contribution is 2.41. The average molecular weight is 321 g/mol. The highest BCUT2D eigenvalue weighted by Gasteiger charge is 2.63. The molecule has 1 aromatic carbocycles. The molecule has 0 aromatic heterocycles. The van der Waals surface area contributed by atoms with Crippen LogP contribution in [0.4, 0.5) is 13.2 Å². The molecule has 0 radical (unpaired) electrons. The zero-order chi connectivity index (χ0) is 15.8. The number of hydrazone groups is 1. The van der Waals surface area contributed by atoms with Crippen LogP contribution >= 0.6 is 11.6 Å². The third kappa shape index (κ3) is 2.63. The first-order chi connectivity index (χ1) is 9.70. The molecule has 0 fully saturated rings. The fourth-order valence-corrected chi connectivity index (χ4v) is 2.21. The summed E-state index contributed by atoms with van der Waals surface area (Å²) >= 11 is 5.82. The number of carbonyl (C=O) groups excluding carboxylic acids is 1. The highest BCUT2D eigenvalue weighted by molar-refractivity contribution is 6.33. The van der Waals surface area contributed by atoms with Gasteiger partial charge < -0.3 is 5.11 Å². The topological polar surface area (TPSA) is 52.9 Å². The Balaban J connectivity index is 2.46. The van der Waals surface area contributed by atoms with Gasteiger partial charge >= 0.3 is 6.18 Å². The molecule has 1 aliphatic rings. The number of nitrogens with zero attached hydrogens (tertiary/aromatic N) is 2. The van der Waals surface area contributed by atoms with Crippen molar-refractivity contribution in [1.82, 2.24) is 5.01 Å². The first-order valence-electron chi connectivity index (χ1n) is 6.15. The molecule has 4 nitrogen and oxygen atoms in total. The Morgan fingerprint density at radius 2 is 2.10 bits per heavy atom. The summed E-state index contributed by atoms with van der Waals surface area (Å²) in [6.07, 6.45) is -5.59. The second-order valence-electron chi connectivity index (χ2n) is 4.61. The van der Waals surface area contributed by atoms with Crippen molar-refractivity contribution in [2.24, 2.45) is 5.10 Å². The lowest BCUT2D eigenvalue weighted by atomic mass is 10.0. The maximum Gasteiger partial charge on any atom is 0.438 e. The molecule has 21 heavy (non-hydrogen) atoms. The van der Waals surface area contributed by atoms with Crippen molar-refractivity contribution in [3.05, 3.63) is 34.9 Å². The second kappa shape index (κ2) is 5.31. The van der Waals surface area contributed by atoms with E-state index in [0.29, 0.717) is 0 Å². The first-order valence-corrected chi connectivity index (χ1v) is 6.53. The summed E-state index contributed by atoms with van der Waals surface area (Å²) in [5, 5.41) is 13.6. The Morgan fingerprint density at radius 1 is 1.48 bits per heavy atom. The Hall–Kier alpha value is -1.60. The van der Waals surface area contributed by atoms with E-state index in [0.717, 1.165) is 0 Å². The van der Waals surface area contributed by atoms with Crippen LogP contribution in [-0.4, -0.2) is 33.6 Å². The van der Waals surface area contributed by atoms with Crippen LogP contribution in [-0.2, 0) is 0 Å². The molecule has 1 heterocycles. The maximum absolute atomic E-state index is 13.1. The quantitative estimate of drug-likeness (QED) is 0.909. The Labute approximate surface area is 123 Å². The van der Waals surface area contributed by atoms with Crippen molar-refractivity contribution in [1.29, 1.82) is 0 Å². The van der Waals surface area contributed by atoms with E-state index in [2.05, 4.69) is 5.10 Å². The predicted molar refractivity (Wildman–Crippen MR) is 71.0 cm³/mol. The van der Waals surface area contributed by atoms with E-state index in [1.807, 2.05) is 0 Å². The number of amides is 1. The van der Waals surface area contributed by atoms with Gasteiger partial charge in [-0.25, -0.2) is 0 Å². The van der Waals surface area contributed by atoms with Gasteiger partial charge in [0, 0.05) is 12.1 Å². The number of benzene rings is 1. The van der Waals surface area contributed by atoms with Gasteiger partial charge in [-0.05, 0) is 18.6 Å². The maximum atomic E-state index is 13.1. The van der Waals surface area contributed by atoms with Crippen LogP contribution in [0.3, 0.4) is 0 Å². The molecule has 1 aromatic rings. The zero-order valence-electron chi connectivity index (χ0n) is 11.0. The minimum Gasteiger partial charge on any atom is -0.362 e. The molecular weight excluding hydrogens is 309 g/mol. The van der Waals surface area contributed by atoms with E-state index in [9.17, 15) is 23.1 Å². The van der Waals surface area contributed by atoms with Gasteiger partial charge in [-0.15, -0.1) is 0 Å². The minimum absolute atomic E-state index is 0.00725. The number of carbonyl (C=O) groups is 1. The molecule has 2 rings (SSSR count). The molecule has 0 bridgehead atoms. The summed E-state index contributed by atoms with van der Waals surface area (Å²) in [5.74, 6) is -1.09. The molecule has 0 aliphatic carbocycles. The van der Waals surface area contributed by atoms with Crippen LogP contribution in [0, 0.1) is 0 Å². The van der Waals surface area contributed by atoms with Crippen molar-refractivity contribution in [3.8, 4) is 0 Å². The van der Waals surface area contributed by atoms with Gasteiger partial charge in [0.1, 0.15) is 0 Å². The van der Waals surface area contributed by atoms with E-state index in [4.69, 9.17) is 11.6 Å². The molecule has 1 amide bonds. The van der Waals surface area contributed by atoms with Crippen LogP contribution in [0.5, 0.6) is 0 Å². The summed E-state index contributed by atoms with van der Waals surface area (Å²) in [4.78, 5) is 12.3. The molecule has 1 aliphatic heterocycles. The highest BCUT2D eigenvalue weighted by atomic mass is 35.5. The van der Waals surface area contributed by atoms with Crippen molar-refractivity contribution >= 4 is 23.2 Å². The fraction of sp³-hybridized carbons (Fsp3) is 0.385. The van der Waals surface area contributed by atoms with Crippen molar-refractivity contribution < 1.29 is 23.1 Å². The van der Waals surface area contributed by atoms with Gasteiger partial charge in [0.25, 0.3) is 11.6 Å². The van der Waals surface area contributed by atoms with Gasteiger partial charge in [-0.2, -0.15) is 23.3 Å². The lowest BCUT2D eigenvalue weighted by Gasteiger charge is -2.32. The largest absolute Gasteiger partial charge is 0.438 e. The van der Waals surface area contributed by atoms with Crippen LogP contribution < -0.4 is 0 Å². The Morgan fingerprint density at radius 3 is 2.62 bits per heavy atom. The van der Waals surface area contributed by atoms with Gasteiger partial charge in [-0.3, -0.25) is 4.79 Å². The van der Waals surface area contributed by atoms with E-state index >= 15 is 0 Å². The summed E-state index contributed by atoms with van der Waals surface area (Å²) in [7, 11) is 0. The number of alkyl halides is 3. The number of hydrogen-bond acceptors (Lipinski definition) is 3. The third-order valence-corrected chi connectivity index (χ3v) is 3.53. The molecule has 114 valence electrons. The van der Waals surface area contributed by atoms with Crippen LogP contribution in [0.2, 0.25) is 5.02 Å². The number of halogens is 4. The smallest absolute Gasteiger partial charge is 0.362 e. The van der Waals surface area contributed by atoms with Gasteiger partial charge in [-0.1, -0.05) is 30.7 Å². The van der Waals surface area contributed by atoms with Crippen LogP contribution in [0.15, 0.2) is 29.4 Å². The molecule has 0 saturated heterocycles. The minimum atomic E-state index is -5.02. The molecule has 0 unspecified atom stereocenters. The number of aliphatic hydroxyl groups is 1. The Kier molecular flexibility index (Phi) is 3.99. The summed E-state index contributed by atoms with van der Waals surface area (Å²) in [6.45, 7) is 1.60. The Bertz CT molecular complexity index is 603. The molecule has 1 N–H and O–H groups in total. The fourth-order valence-electron chi connectivity index (χ4n) is 2.00. The van der Waals surface area contributed by atoms with E-state index in [1.54, 1.807) is 13.0 Å². The van der Waals surface area contributed by atoms with E-state index in [1.165, 1.54) is 18.2 Å².